The maximum atomic E-state index is 6.03. The third kappa shape index (κ3) is 2.61. The Morgan fingerprint density at radius 2 is 1.82 bits per heavy atom. The van der Waals surface area contributed by atoms with Crippen LogP contribution in [0.2, 0.25) is 5.28 Å². The molecule has 2 rings (SSSR count). The van der Waals surface area contributed by atoms with E-state index in [0.29, 0.717) is 11.2 Å². The molecule has 0 aromatic carbocycles. The van der Waals surface area contributed by atoms with E-state index in [4.69, 9.17) is 11.6 Å². The monoisotopic (exact) mass is 251 g/mol. The molecule has 0 aliphatic rings. The number of aryl methyl sites for hydroxylation is 3. The first-order valence-electron chi connectivity index (χ1n) is 5.54. The van der Waals surface area contributed by atoms with Gasteiger partial charge < -0.3 is 0 Å². The van der Waals surface area contributed by atoms with Crippen molar-refractivity contribution in [3.05, 3.63) is 28.6 Å². The Labute approximate surface area is 105 Å². The van der Waals surface area contributed by atoms with E-state index in [9.17, 15) is 0 Å². The zero-order valence-electron chi connectivity index (χ0n) is 10.1. The van der Waals surface area contributed by atoms with E-state index >= 15 is 0 Å². The summed E-state index contributed by atoms with van der Waals surface area (Å²) in [4.78, 5) is 12.8. The number of halogens is 1. The van der Waals surface area contributed by atoms with Crippen LogP contribution < -0.4 is 0 Å². The Hall–Kier alpha value is -1.49. The van der Waals surface area contributed by atoms with E-state index in [2.05, 4.69) is 27.0 Å². The van der Waals surface area contributed by atoms with Crippen molar-refractivity contribution in [3.8, 4) is 5.95 Å². The molecule has 0 amide bonds. The Balaban J connectivity index is 2.44. The van der Waals surface area contributed by atoms with E-state index in [0.717, 1.165) is 30.1 Å². The van der Waals surface area contributed by atoms with Crippen molar-refractivity contribution in [2.45, 2.75) is 33.6 Å². The smallest absolute Gasteiger partial charge is 0.216 e. The van der Waals surface area contributed by atoms with Gasteiger partial charge in [0.2, 0.25) is 5.28 Å². The molecule has 0 unspecified atom stereocenters. The molecular weight excluding hydrogens is 238 g/mol. The second-order valence-electron chi connectivity index (χ2n) is 3.91. The van der Waals surface area contributed by atoms with Crippen LogP contribution in [0.4, 0.5) is 0 Å². The van der Waals surface area contributed by atoms with Gasteiger partial charge in [-0.2, -0.15) is 4.68 Å². The van der Waals surface area contributed by atoms with E-state index in [1.165, 1.54) is 4.68 Å². The second-order valence-corrected chi connectivity index (χ2v) is 4.25. The van der Waals surface area contributed by atoms with Gasteiger partial charge in [0.05, 0.1) is 0 Å². The molecule has 6 heteroatoms. The number of rotatable bonds is 3. The van der Waals surface area contributed by atoms with Gasteiger partial charge in [-0.25, -0.2) is 15.0 Å². The van der Waals surface area contributed by atoms with Crippen LogP contribution in [0.3, 0.4) is 0 Å². The summed E-state index contributed by atoms with van der Waals surface area (Å²) in [6, 6.07) is 1.90. The second kappa shape index (κ2) is 4.79. The number of hydrogen-bond donors (Lipinski definition) is 0. The van der Waals surface area contributed by atoms with Crippen molar-refractivity contribution in [2.75, 3.05) is 0 Å². The minimum absolute atomic E-state index is 0.304. The zero-order chi connectivity index (χ0) is 12.4. The first-order valence-corrected chi connectivity index (χ1v) is 5.92. The minimum atomic E-state index is 0.304. The SMILES string of the molecule is CCCc1nc(Cl)n(-c2nc(C)cc(C)n2)n1. The van der Waals surface area contributed by atoms with Gasteiger partial charge in [0.25, 0.3) is 5.95 Å². The lowest BCUT2D eigenvalue weighted by Crippen LogP contribution is -2.05. The largest absolute Gasteiger partial charge is 0.253 e. The average molecular weight is 252 g/mol. The van der Waals surface area contributed by atoms with Crippen LogP contribution in [0, 0.1) is 13.8 Å². The van der Waals surface area contributed by atoms with Crippen LogP contribution >= 0.6 is 11.6 Å². The normalized spacial score (nSPS) is 10.8. The Bertz CT molecular complexity index is 514. The summed E-state index contributed by atoms with van der Waals surface area (Å²) < 4.78 is 1.48. The van der Waals surface area contributed by atoms with Gasteiger partial charge in [-0.15, -0.1) is 5.10 Å². The van der Waals surface area contributed by atoms with Crippen LogP contribution in [0.5, 0.6) is 0 Å². The molecule has 2 aromatic heterocycles. The van der Waals surface area contributed by atoms with Gasteiger partial charge >= 0.3 is 0 Å². The predicted octanol–water partition coefficient (Wildman–Crippen LogP) is 2.28. The molecule has 0 saturated carbocycles. The summed E-state index contributed by atoms with van der Waals surface area (Å²) in [5.41, 5.74) is 1.77. The van der Waals surface area contributed by atoms with Crippen LogP contribution in [-0.4, -0.2) is 24.7 Å². The van der Waals surface area contributed by atoms with Crippen LogP contribution in [0.15, 0.2) is 6.07 Å². The summed E-state index contributed by atoms with van der Waals surface area (Å²) in [6.07, 6.45) is 1.78. The van der Waals surface area contributed by atoms with Gasteiger partial charge in [0, 0.05) is 17.8 Å². The molecule has 0 spiro atoms. The topological polar surface area (TPSA) is 56.5 Å². The van der Waals surface area contributed by atoms with E-state index < -0.39 is 0 Å². The summed E-state index contributed by atoms with van der Waals surface area (Å²) in [5.74, 6) is 1.20. The molecule has 0 aliphatic carbocycles. The first-order chi connectivity index (χ1) is 8.10. The fourth-order valence-corrected chi connectivity index (χ4v) is 1.80. The quantitative estimate of drug-likeness (QED) is 0.840. The van der Waals surface area contributed by atoms with Gasteiger partial charge in [-0.1, -0.05) is 6.92 Å². The van der Waals surface area contributed by atoms with Crippen molar-refractivity contribution in [1.82, 2.24) is 24.7 Å². The highest BCUT2D eigenvalue weighted by Gasteiger charge is 2.11. The molecule has 0 bridgehead atoms. The Morgan fingerprint density at radius 1 is 1.18 bits per heavy atom. The third-order valence-corrected chi connectivity index (χ3v) is 2.49. The van der Waals surface area contributed by atoms with Gasteiger partial charge in [0.1, 0.15) is 0 Å². The molecule has 0 radical (unpaired) electrons. The standard InChI is InChI=1S/C11H14ClN5/c1-4-5-9-15-10(12)17(16-9)11-13-7(2)6-8(3)14-11/h6H,4-5H2,1-3H3. The lowest BCUT2D eigenvalue weighted by atomic mass is 10.3. The minimum Gasteiger partial charge on any atom is -0.216 e. The van der Waals surface area contributed by atoms with Crippen molar-refractivity contribution in [2.24, 2.45) is 0 Å². The maximum Gasteiger partial charge on any atom is 0.253 e. The fourth-order valence-electron chi connectivity index (χ4n) is 1.59. The molecule has 0 N–H and O–H groups in total. The Kier molecular flexibility index (Phi) is 3.38. The third-order valence-electron chi connectivity index (χ3n) is 2.25. The fraction of sp³-hybridized carbons (Fsp3) is 0.455. The van der Waals surface area contributed by atoms with E-state index in [1.807, 2.05) is 19.9 Å². The van der Waals surface area contributed by atoms with Crippen LogP contribution in [-0.2, 0) is 6.42 Å². The highest BCUT2D eigenvalue weighted by atomic mass is 35.5. The van der Waals surface area contributed by atoms with Gasteiger partial charge in [0.15, 0.2) is 5.82 Å². The molecule has 0 aliphatic heterocycles. The highest BCUT2D eigenvalue weighted by molar-refractivity contribution is 6.28. The maximum absolute atomic E-state index is 6.03. The van der Waals surface area contributed by atoms with Crippen molar-refractivity contribution >= 4 is 11.6 Å². The molecule has 5 nitrogen and oxygen atoms in total. The molecule has 17 heavy (non-hydrogen) atoms. The average Bonchev–Trinajstić information content (AvgIpc) is 2.58. The predicted molar refractivity (Wildman–Crippen MR) is 65.4 cm³/mol. The number of aromatic nitrogens is 5. The zero-order valence-corrected chi connectivity index (χ0v) is 10.9. The summed E-state index contributed by atoms with van der Waals surface area (Å²) in [5, 5.41) is 4.60. The first kappa shape index (κ1) is 12.0. The molecule has 0 saturated heterocycles. The van der Waals surface area contributed by atoms with Gasteiger partial charge in [-0.05, 0) is 37.9 Å². The summed E-state index contributed by atoms with van der Waals surface area (Å²) in [7, 11) is 0. The molecule has 2 heterocycles. The molecule has 0 fully saturated rings. The lowest BCUT2D eigenvalue weighted by Gasteiger charge is -2.02. The molecule has 90 valence electrons. The molecule has 0 atom stereocenters. The van der Waals surface area contributed by atoms with Crippen molar-refractivity contribution in [3.63, 3.8) is 0 Å². The number of nitrogens with zero attached hydrogens (tertiary/aromatic N) is 5. The Morgan fingerprint density at radius 3 is 2.41 bits per heavy atom. The van der Waals surface area contributed by atoms with E-state index in [-0.39, 0.29) is 0 Å². The lowest BCUT2D eigenvalue weighted by molar-refractivity contribution is 0.758. The van der Waals surface area contributed by atoms with E-state index in [1.54, 1.807) is 0 Å². The van der Waals surface area contributed by atoms with Crippen LogP contribution in [0.1, 0.15) is 30.6 Å². The summed E-state index contributed by atoms with van der Waals surface area (Å²) in [6.45, 7) is 5.90. The molecule has 2 aromatic rings. The van der Waals surface area contributed by atoms with Crippen molar-refractivity contribution < 1.29 is 0 Å². The highest BCUT2D eigenvalue weighted by Crippen LogP contribution is 2.12. The summed E-state index contributed by atoms with van der Waals surface area (Å²) >= 11 is 6.03. The van der Waals surface area contributed by atoms with Crippen molar-refractivity contribution in [1.29, 1.82) is 0 Å². The van der Waals surface area contributed by atoms with Gasteiger partial charge in [-0.3, -0.25) is 0 Å². The molecular formula is C11H14ClN5. The van der Waals surface area contributed by atoms with Crippen LogP contribution in [0.25, 0.3) is 5.95 Å². The number of hydrogen-bond acceptors (Lipinski definition) is 4.